The number of nitrogens with zero attached hydrogens (tertiary/aromatic N) is 4. The van der Waals surface area contributed by atoms with Crippen molar-refractivity contribution in [3.05, 3.63) is 12.2 Å². The largest absolute Gasteiger partial charge is 0.368 e. The summed E-state index contributed by atoms with van der Waals surface area (Å²) < 4.78 is 10.5. The second-order valence-corrected chi connectivity index (χ2v) is 4.65. The molecule has 1 heterocycles. The van der Waals surface area contributed by atoms with Gasteiger partial charge in [-0.1, -0.05) is 6.58 Å². The molecule has 1 rings (SSSR count). The molecule has 0 saturated heterocycles. The number of Topliss-reactive ketones (excluding diaryl/α,β-unsaturated/α-hetero) is 1. The van der Waals surface area contributed by atoms with E-state index in [2.05, 4.69) is 26.8 Å². The minimum atomic E-state index is -0.132. The lowest BCUT2D eigenvalue weighted by Crippen LogP contribution is -2.34. The van der Waals surface area contributed by atoms with Crippen molar-refractivity contribution in [2.24, 2.45) is 0 Å². The van der Waals surface area contributed by atoms with Gasteiger partial charge in [0.15, 0.2) is 5.78 Å². The van der Waals surface area contributed by atoms with Crippen molar-refractivity contribution in [3.8, 4) is 0 Å². The Labute approximate surface area is 135 Å². The molecule has 0 bridgehead atoms. The number of nitrogen functional groups attached to an aromatic ring is 1. The Hall–Kier alpha value is -2.26. The predicted octanol–water partition coefficient (Wildman–Crippen LogP) is 0.805. The van der Waals surface area contributed by atoms with Gasteiger partial charge >= 0.3 is 0 Å². The smallest absolute Gasteiger partial charge is 0.234 e. The van der Waals surface area contributed by atoms with E-state index in [1.54, 1.807) is 11.8 Å². The average molecular weight is 324 g/mol. The Morgan fingerprint density at radius 1 is 1.26 bits per heavy atom. The molecule has 0 spiro atoms. The van der Waals surface area contributed by atoms with Gasteiger partial charge in [0.2, 0.25) is 17.8 Å². The van der Waals surface area contributed by atoms with E-state index in [1.165, 1.54) is 0 Å². The maximum absolute atomic E-state index is 11.9. The van der Waals surface area contributed by atoms with E-state index in [1.807, 2.05) is 13.8 Å². The summed E-state index contributed by atoms with van der Waals surface area (Å²) in [5.41, 5.74) is 6.16. The molecule has 0 aliphatic carbocycles. The normalized spacial score (nSPS) is 10.4. The predicted molar refractivity (Wildman–Crippen MR) is 88.0 cm³/mol. The van der Waals surface area contributed by atoms with E-state index in [9.17, 15) is 4.79 Å². The third-order valence-electron chi connectivity index (χ3n) is 2.72. The number of hydrogen-bond donors (Lipinski definition) is 2. The highest BCUT2D eigenvalue weighted by molar-refractivity contribution is 5.97. The lowest BCUT2D eigenvalue weighted by Gasteiger charge is -2.22. The number of ketones is 1. The average Bonchev–Trinajstić information content (AvgIpc) is 2.50. The highest BCUT2D eigenvalue weighted by atomic mass is 16.5. The summed E-state index contributed by atoms with van der Waals surface area (Å²) in [5, 5.41) is 2.88. The zero-order chi connectivity index (χ0) is 17.2. The number of aromatic nitrogens is 3. The molecule has 1 aromatic heterocycles. The van der Waals surface area contributed by atoms with Gasteiger partial charge in [-0.05, 0) is 26.3 Å². The molecule has 0 amide bonds. The number of rotatable bonds is 11. The lowest BCUT2D eigenvalue weighted by molar-refractivity contribution is -0.114. The van der Waals surface area contributed by atoms with E-state index in [4.69, 9.17) is 15.2 Å². The minimum Gasteiger partial charge on any atom is -0.368 e. The first-order chi connectivity index (χ1) is 11.0. The first-order valence-corrected chi connectivity index (χ1v) is 7.32. The first kappa shape index (κ1) is 18.8. The third-order valence-corrected chi connectivity index (χ3v) is 2.72. The van der Waals surface area contributed by atoms with Crippen molar-refractivity contribution in [1.82, 2.24) is 15.0 Å². The molecule has 0 aliphatic heterocycles. The Balaban J connectivity index is 2.94. The van der Waals surface area contributed by atoms with Crippen molar-refractivity contribution >= 4 is 23.6 Å². The van der Waals surface area contributed by atoms with Crippen molar-refractivity contribution in [1.29, 1.82) is 0 Å². The van der Waals surface area contributed by atoms with Gasteiger partial charge in [0, 0.05) is 13.2 Å². The van der Waals surface area contributed by atoms with Crippen molar-refractivity contribution < 1.29 is 14.3 Å². The van der Waals surface area contributed by atoms with E-state index < -0.39 is 0 Å². The minimum absolute atomic E-state index is 0.0401. The molecule has 23 heavy (non-hydrogen) atoms. The van der Waals surface area contributed by atoms with Crippen LogP contribution in [0.15, 0.2) is 12.2 Å². The van der Waals surface area contributed by atoms with E-state index >= 15 is 0 Å². The van der Waals surface area contributed by atoms with Gasteiger partial charge in [0.05, 0.1) is 6.54 Å². The summed E-state index contributed by atoms with van der Waals surface area (Å²) >= 11 is 0. The highest BCUT2D eigenvalue weighted by Crippen LogP contribution is 2.13. The summed E-state index contributed by atoms with van der Waals surface area (Å²) in [7, 11) is 0. The zero-order valence-electron chi connectivity index (χ0n) is 13.8. The molecule has 9 heteroatoms. The molecule has 0 aliphatic rings. The molecule has 0 aromatic carbocycles. The van der Waals surface area contributed by atoms with Crippen LogP contribution in [0.1, 0.15) is 20.8 Å². The molecule has 0 radical (unpaired) electrons. The maximum Gasteiger partial charge on any atom is 0.234 e. The SMILES string of the molecule is C=C(C)C(=O)CN(COCC)c1nc(N)nc(NCOCC)n1. The Kier molecular flexibility index (Phi) is 7.92. The van der Waals surface area contributed by atoms with Gasteiger partial charge < -0.3 is 25.4 Å². The zero-order valence-corrected chi connectivity index (χ0v) is 13.8. The summed E-state index contributed by atoms with van der Waals surface area (Å²) in [4.78, 5) is 25.8. The molecule has 0 unspecified atom stereocenters. The molecule has 0 fully saturated rings. The van der Waals surface area contributed by atoms with Gasteiger partial charge in [-0.2, -0.15) is 15.0 Å². The van der Waals surface area contributed by atoms with E-state index in [-0.39, 0.29) is 43.6 Å². The van der Waals surface area contributed by atoms with Gasteiger partial charge in [0.1, 0.15) is 13.5 Å². The highest BCUT2D eigenvalue weighted by Gasteiger charge is 2.17. The second-order valence-electron chi connectivity index (χ2n) is 4.65. The van der Waals surface area contributed by atoms with Gasteiger partial charge in [0.25, 0.3) is 0 Å². The van der Waals surface area contributed by atoms with Crippen LogP contribution in [0.2, 0.25) is 0 Å². The summed E-state index contributed by atoms with van der Waals surface area (Å²) in [6.45, 7) is 10.5. The Morgan fingerprint density at radius 2 is 1.96 bits per heavy atom. The van der Waals surface area contributed by atoms with Crippen LogP contribution in [0.25, 0.3) is 0 Å². The van der Waals surface area contributed by atoms with E-state index in [0.29, 0.717) is 18.8 Å². The van der Waals surface area contributed by atoms with Crippen LogP contribution in [0.4, 0.5) is 17.8 Å². The number of ether oxygens (including phenoxy) is 2. The van der Waals surface area contributed by atoms with Crippen LogP contribution in [0.5, 0.6) is 0 Å². The molecule has 0 atom stereocenters. The van der Waals surface area contributed by atoms with Crippen LogP contribution in [0.3, 0.4) is 0 Å². The van der Waals surface area contributed by atoms with Crippen LogP contribution in [0, 0.1) is 0 Å². The van der Waals surface area contributed by atoms with Gasteiger partial charge in [-0.15, -0.1) is 0 Å². The van der Waals surface area contributed by atoms with Crippen LogP contribution < -0.4 is 16.0 Å². The standard InChI is InChI=1S/C14H24N6O3/c1-5-22-8-16-13-17-12(15)18-14(19-13)20(9-23-6-2)7-11(21)10(3)4/h3,5-9H2,1-2,4H3,(H3,15,16,17,18,19). The fourth-order valence-electron chi connectivity index (χ4n) is 1.50. The molecular weight excluding hydrogens is 300 g/mol. The quantitative estimate of drug-likeness (QED) is 0.346. The van der Waals surface area contributed by atoms with Crippen molar-refractivity contribution in [3.63, 3.8) is 0 Å². The third kappa shape index (κ3) is 6.57. The molecule has 9 nitrogen and oxygen atoms in total. The molecule has 1 aromatic rings. The summed E-state index contributed by atoms with van der Waals surface area (Å²) in [6, 6.07) is 0. The monoisotopic (exact) mass is 324 g/mol. The van der Waals surface area contributed by atoms with Crippen LogP contribution in [-0.2, 0) is 14.3 Å². The Morgan fingerprint density at radius 3 is 2.57 bits per heavy atom. The number of nitrogens with one attached hydrogen (secondary N) is 1. The topological polar surface area (TPSA) is 115 Å². The van der Waals surface area contributed by atoms with Crippen LogP contribution in [-0.4, -0.2) is 54.0 Å². The van der Waals surface area contributed by atoms with Crippen LogP contribution >= 0.6 is 0 Å². The first-order valence-electron chi connectivity index (χ1n) is 7.32. The van der Waals surface area contributed by atoms with Gasteiger partial charge in [-0.25, -0.2) is 0 Å². The molecule has 0 saturated carbocycles. The van der Waals surface area contributed by atoms with Crippen molar-refractivity contribution in [2.45, 2.75) is 20.8 Å². The lowest BCUT2D eigenvalue weighted by atomic mass is 10.2. The molecule has 3 N–H and O–H groups in total. The summed E-state index contributed by atoms with van der Waals surface area (Å²) in [5.74, 6) is 0.426. The number of carbonyl (C=O) groups is 1. The van der Waals surface area contributed by atoms with E-state index in [0.717, 1.165) is 0 Å². The second kappa shape index (κ2) is 9.70. The number of anilines is 3. The fraction of sp³-hybridized carbons (Fsp3) is 0.571. The Bertz CT molecular complexity index is 537. The summed E-state index contributed by atoms with van der Waals surface area (Å²) in [6.07, 6.45) is 0. The number of carbonyl (C=O) groups excluding carboxylic acids is 1. The number of nitrogens with two attached hydrogens (primary N) is 1. The fourth-order valence-corrected chi connectivity index (χ4v) is 1.50. The molecular formula is C14H24N6O3. The molecule has 128 valence electrons. The number of hydrogen-bond acceptors (Lipinski definition) is 9. The van der Waals surface area contributed by atoms with Crippen molar-refractivity contribution in [2.75, 3.05) is 49.2 Å². The maximum atomic E-state index is 11.9. The van der Waals surface area contributed by atoms with Gasteiger partial charge in [-0.3, -0.25) is 4.79 Å².